The van der Waals surface area contributed by atoms with Crippen LogP contribution in [0.4, 0.5) is 5.69 Å². The van der Waals surface area contributed by atoms with Crippen molar-refractivity contribution in [3.05, 3.63) is 29.3 Å². The van der Waals surface area contributed by atoms with Gasteiger partial charge >= 0.3 is 0 Å². The maximum absolute atomic E-state index is 3.51. The SMILES string of the molecule is Cc1ccc2c(c1)CC(C)(C)CCN2. The van der Waals surface area contributed by atoms with Crippen LogP contribution in [0.15, 0.2) is 18.2 Å². The van der Waals surface area contributed by atoms with E-state index in [-0.39, 0.29) is 0 Å². The van der Waals surface area contributed by atoms with Gasteiger partial charge in [0.2, 0.25) is 0 Å². The van der Waals surface area contributed by atoms with Gasteiger partial charge in [0.05, 0.1) is 0 Å². The molecule has 2 rings (SSSR count). The number of rotatable bonds is 0. The Morgan fingerprint density at radius 2 is 2.07 bits per heavy atom. The molecule has 1 nitrogen and oxygen atoms in total. The molecule has 0 saturated carbocycles. The van der Waals surface area contributed by atoms with E-state index in [4.69, 9.17) is 0 Å². The number of aryl methyl sites for hydroxylation is 1. The molecule has 1 N–H and O–H groups in total. The van der Waals surface area contributed by atoms with Crippen LogP contribution in [-0.2, 0) is 6.42 Å². The Morgan fingerprint density at radius 1 is 1.29 bits per heavy atom. The van der Waals surface area contributed by atoms with E-state index in [9.17, 15) is 0 Å². The molecular weight excluding hydrogens is 170 g/mol. The number of nitrogens with one attached hydrogen (secondary N) is 1. The first-order valence-corrected chi connectivity index (χ1v) is 5.40. The van der Waals surface area contributed by atoms with Crippen LogP contribution in [-0.4, -0.2) is 6.54 Å². The van der Waals surface area contributed by atoms with Crippen LogP contribution in [0, 0.1) is 12.3 Å². The summed E-state index contributed by atoms with van der Waals surface area (Å²) in [5.74, 6) is 0. The molecule has 0 bridgehead atoms. The minimum atomic E-state index is 0.437. The second-order valence-electron chi connectivity index (χ2n) is 5.18. The molecule has 1 aromatic carbocycles. The van der Waals surface area contributed by atoms with Gasteiger partial charge in [-0.15, -0.1) is 0 Å². The average Bonchev–Trinajstić information content (AvgIpc) is 2.21. The van der Waals surface area contributed by atoms with Crippen LogP contribution in [0.25, 0.3) is 0 Å². The fourth-order valence-corrected chi connectivity index (χ4v) is 2.18. The van der Waals surface area contributed by atoms with E-state index in [1.165, 1.54) is 29.7 Å². The van der Waals surface area contributed by atoms with Crippen molar-refractivity contribution in [2.24, 2.45) is 5.41 Å². The molecule has 1 aliphatic heterocycles. The Hall–Kier alpha value is -0.980. The smallest absolute Gasteiger partial charge is 0.0373 e. The maximum atomic E-state index is 3.51. The van der Waals surface area contributed by atoms with Gasteiger partial charge in [0, 0.05) is 12.2 Å². The number of fused-ring (bicyclic) bond motifs is 1. The van der Waals surface area contributed by atoms with Crippen LogP contribution >= 0.6 is 0 Å². The zero-order chi connectivity index (χ0) is 10.2. The van der Waals surface area contributed by atoms with Crippen molar-refractivity contribution < 1.29 is 0 Å². The third kappa shape index (κ3) is 1.92. The maximum Gasteiger partial charge on any atom is 0.0373 e. The standard InChI is InChI=1S/C13H19N/c1-10-4-5-12-11(8-10)9-13(2,3)6-7-14-12/h4-5,8,14H,6-7,9H2,1-3H3. The first kappa shape index (κ1) is 9.57. The van der Waals surface area contributed by atoms with E-state index in [0.717, 1.165) is 6.54 Å². The lowest BCUT2D eigenvalue weighted by atomic mass is 9.83. The largest absolute Gasteiger partial charge is 0.385 e. The van der Waals surface area contributed by atoms with Crippen molar-refractivity contribution >= 4 is 5.69 Å². The number of benzene rings is 1. The number of anilines is 1. The molecule has 0 atom stereocenters. The molecule has 1 heteroatoms. The van der Waals surface area contributed by atoms with Crippen LogP contribution in [0.5, 0.6) is 0 Å². The minimum Gasteiger partial charge on any atom is -0.385 e. The second-order valence-corrected chi connectivity index (χ2v) is 5.18. The predicted octanol–water partition coefficient (Wildman–Crippen LogP) is 3.38. The highest BCUT2D eigenvalue weighted by atomic mass is 14.9. The molecule has 1 aliphatic rings. The molecule has 0 aromatic heterocycles. The molecule has 76 valence electrons. The van der Waals surface area contributed by atoms with Crippen molar-refractivity contribution in [3.63, 3.8) is 0 Å². The lowest BCUT2D eigenvalue weighted by Crippen LogP contribution is -2.15. The van der Waals surface area contributed by atoms with Gasteiger partial charge in [-0.1, -0.05) is 31.5 Å². The molecule has 0 radical (unpaired) electrons. The molecule has 14 heavy (non-hydrogen) atoms. The molecule has 0 amide bonds. The van der Waals surface area contributed by atoms with Gasteiger partial charge in [-0.05, 0) is 36.8 Å². The Labute approximate surface area is 86.5 Å². The van der Waals surface area contributed by atoms with Crippen molar-refractivity contribution in [3.8, 4) is 0 Å². The molecule has 0 saturated heterocycles. The summed E-state index contributed by atoms with van der Waals surface area (Å²) >= 11 is 0. The van der Waals surface area contributed by atoms with Crippen LogP contribution < -0.4 is 5.32 Å². The highest BCUT2D eigenvalue weighted by Gasteiger charge is 2.22. The van der Waals surface area contributed by atoms with Gasteiger partial charge in [-0.25, -0.2) is 0 Å². The van der Waals surface area contributed by atoms with E-state index < -0.39 is 0 Å². The first-order valence-electron chi connectivity index (χ1n) is 5.40. The molecule has 0 unspecified atom stereocenters. The quantitative estimate of drug-likeness (QED) is 0.659. The molecular formula is C13H19N. The van der Waals surface area contributed by atoms with Crippen LogP contribution in [0.1, 0.15) is 31.4 Å². The molecule has 1 aromatic rings. The zero-order valence-electron chi connectivity index (χ0n) is 9.35. The van der Waals surface area contributed by atoms with E-state index in [1.807, 2.05) is 0 Å². The van der Waals surface area contributed by atoms with Gasteiger partial charge in [-0.3, -0.25) is 0 Å². The Bertz CT molecular complexity index is 339. The van der Waals surface area contributed by atoms with Crippen molar-refractivity contribution in [2.45, 2.75) is 33.6 Å². The zero-order valence-corrected chi connectivity index (χ0v) is 9.35. The fraction of sp³-hybridized carbons (Fsp3) is 0.538. The average molecular weight is 189 g/mol. The Kier molecular flexibility index (Phi) is 2.26. The van der Waals surface area contributed by atoms with E-state index in [2.05, 4.69) is 44.3 Å². The Morgan fingerprint density at radius 3 is 2.86 bits per heavy atom. The highest BCUT2D eigenvalue weighted by Crippen LogP contribution is 2.32. The van der Waals surface area contributed by atoms with E-state index >= 15 is 0 Å². The molecule has 0 spiro atoms. The lowest BCUT2D eigenvalue weighted by molar-refractivity contribution is 0.349. The van der Waals surface area contributed by atoms with Crippen molar-refractivity contribution in [2.75, 3.05) is 11.9 Å². The lowest BCUT2D eigenvalue weighted by Gasteiger charge is -2.21. The van der Waals surface area contributed by atoms with Crippen LogP contribution in [0.2, 0.25) is 0 Å². The van der Waals surface area contributed by atoms with Gasteiger partial charge in [-0.2, -0.15) is 0 Å². The molecule has 0 fully saturated rings. The third-order valence-electron chi connectivity index (χ3n) is 3.05. The monoisotopic (exact) mass is 189 g/mol. The van der Waals surface area contributed by atoms with Gasteiger partial charge < -0.3 is 5.32 Å². The summed E-state index contributed by atoms with van der Waals surface area (Å²) in [5, 5.41) is 3.51. The minimum absolute atomic E-state index is 0.437. The molecule has 0 aliphatic carbocycles. The van der Waals surface area contributed by atoms with Gasteiger partial charge in [0.1, 0.15) is 0 Å². The number of hydrogen-bond acceptors (Lipinski definition) is 1. The highest BCUT2D eigenvalue weighted by molar-refractivity contribution is 5.53. The summed E-state index contributed by atoms with van der Waals surface area (Å²) in [5.41, 5.74) is 4.61. The van der Waals surface area contributed by atoms with E-state index in [1.54, 1.807) is 0 Å². The second kappa shape index (κ2) is 3.30. The van der Waals surface area contributed by atoms with Crippen molar-refractivity contribution in [1.29, 1.82) is 0 Å². The summed E-state index contributed by atoms with van der Waals surface area (Å²) in [4.78, 5) is 0. The topological polar surface area (TPSA) is 12.0 Å². The van der Waals surface area contributed by atoms with Crippen LogP contribution in [0.3, 0.4) is 0 Å². The fourth-order valence-electron chi connectivity index (χ4n) is 2.18. The summed E-state index contributed by atoms with van der Waals surface area (Å²) < 4.78 is 0. The molecule has 1 heterocycles. The van der Waals surface area contributed by atoms with Gasteiger partial charge in [0.15, 0.2) is 0 Å². The summed E-state index contributed by atoms with van der Waals surface area (Å²) in [6.07, 6.45) is 2.44. The summed E-state index contributed by atoms with van der Waals surface area (Å²) in [6.45, 7) is 7.97. The normalized spacial score (nSPS) is 19.4. The summed E-state index contributed by atoms with van der Waals surface area (Å²) in [7, 11) is 0. The number of hydrogen-bond donors (Lipinski definition) is 1. The first-order chi connectivity index (χ1) is 6.57. The van der Waals surface area contributed by atoms with E-state index in [0.29, 0.717) is 5.41 Å². The predicted molar refractivity (Wildman–Crippen MR) is 61.8 cm³/mol. The summed E-state index contributed by atoms with van der Waals surface area (Å²) in [6, 6.07) is 6.71. The Balaban J connectivity index is 2.38. The van der Waals surface area contributed by atoms with Crippen molar-refractivity contribution in [1.82, 2.24) is 0 Å². The third-order valence-corrected chi connectivity index (χ3v) is 3.05. The van der Waals surface area contributed by atoms with Gasteiger partial charge in [0.25, 0.3) is 0 Å².